The van der Waals surface area contributed by atoms with E-state index in [4.69, 9.17) is 14.2 Å². The van der Waals surface area contributed by atoms with Gasteiger partial charge in [0.15, 0.2) is 11.5 Å². The van der Waals surface area contributed by atoms with Crippen molar-refractivity contribution in [1.82, 2.24) is 4.90 Å². The van der Waals surface area contributed by atoms with Gasteiger partial charge in [0.2, 0.25) is 11.7 Å². The van der Waals surface area contributed by atoms with Crippen LogP contribution in [0.4, 0.5) is 0 Å². The van der Waals surface area contributed by atoms with Crippen molar-refractivity contribution in [2.45, 2.75) is 31.7 Å². The summed E-state index contributed by atoms with van der Waals surface area (Å²) in [4.78, 5) is 14.7. The van der Waals surface area contributed by atoms with Crippen molar-refractivity contribution < 1.29 is 19.0 Å². The molecule has 0 radical (unpaired) electrons. The molecule has 1 unspecified atom stereocenters. The van der Waals surface area contributed by atoms with Crippen LogP contribution < -0.4 is 14.2 Å². The summed E-state index contributed by atoms with van der Waals surface area (Å²) in [5, 5.41) is 0. The van der Waals surface area contributed by atoms with Crippen LogP contribution in [0.25, 0.3) is 0 Å². The van der Waals surface area contributed by atoms with E-state index in [0.29, 0.717) is 30.1 Å². The minimum absolute atomic E-state index is 0.133. The number of nitrogens with zero attached hydrogens (tertiary/aromatic N) is 1. The number of carbonyl (C=O) groups is 1. The van der Waals surface area contributed by atoms with Crippen molar-refractivity contribution in [3.05, 3.63) is 53.1 Å². The minimum atomic E-state index is 0.133. The molecule has 0 spiro atoms. The standard InChI is InChI=1S/C22H27NO4/c1-23(18-12-9-15-7-5-6-8-17(15)18)20(24)14-11-16-10-13-19(25-2)22(27-4)21(16)26-3/h5-8,10,13,18H,9,11-12,14H2,1-4H3. The smallest absolute Gasteiger partial charge is 0.223 e. The molecule has 1 atom stereocenters. The van der Waals surface area contributed by atoms with Gasteiger partial charge in [0.1, 0.15) is 0 Å². The number of benzene rings is 2. The molecule has 5 nitrogen and oxygen atoms in total. The SMILES string of the molecule is COc1ccc(CCC(=O)N(C)C2CCc3ccccc32)c(OC)c1OC. The maximum Gasteiger partial charge on any atom is 0.223 e. The van der Waals surface area contributed by atoms with Crippen molar-refractivity contribution in [1.29, 1.82) is 0 Å². The van der Waals surface area contributed by atoms with Crippen LogP contribution in [0.2, 0.25) is 0 Å². The highest BCUT2D eigenvalue weighted by atomic mass is 16.5. The Hall–Kier alpha value is -2.69. The van der Waals surface area contributed by atoms with Crippen LogP contribution in [0.3, 0.4) is 0 Å². The number of carbonyl (C=O) groups excluding carboxylic acids is 1. The van der Waals surface area contributed by atoms with E-state index in [1.165, 1.54) is 11.1 Å². The summed E-state index contributed by atoms with van der Waals surface area (Å²) >= 11 is 0. The van der Waals surface area contributed by atoms with Crippen LogP contribution in [-0.2, 0) is 17.6 Å². The largest absolute Gasteiger partial charge is 0.493 e. The number of fused-ring (bicyclic) bond motifs is 1. The first-order chi connectivity index (χ1) is 13.1. The van der Waals surface area contributed by atoms with Crippen LogP contribution >= 0.6 is 0 Å². The molecule has 0 fully saturated rings. The zero-order valence-electron chi connectivity index (χ0n) is 16.5. The van der Waals surface area contributed by atoms with Gasteiger partial charge in [-0.25, -0.2) is 0 Å². The third-order valence-corrected chi connectivity index (χ3v) is 5.36. The van der Waals surface area contributed by atoms with Gasteiger partial charge in [-0.3, -0.25) is 4.79 Å². The molecule has 2 aromatic rings. The van der Waals surface area contributed by atoms with Gasteiger partial charge in [-0.15, -0.1) is 0 Å². The van der Waals surface area contributed by atoms with E-state index < -0.39 is 0 Å². The molecule has 0 N–H and O–H groups in total. The molecule has 0 saturated carbocycles. The Balaban J connectivity index is 1.71. The first-order valence-corrected chi connectivity index (χ1v) is 9.22. The first kappa shape index (κ1) is 19.1. The van der Waals surface area contributed by atoms with E-state index in [2.05, 4.69) is 18.2 Å². The Morgan fingerprint density at radius 3 is 2.48 bits per heavy atom. The van der Waals surface area contributed by atoms with Gasteiger partial charge in [0.05, 0.1) is 27.4 Å². The van der Waals surface area contributed by atoms with Gasteiger partial charge in [-0.1, -0.05) is 30.3 Å². The Labute approximate surface area is 160 Å². The summed E-state index contributed by atoms with van der Waals surface area (Å²) < 4.78 is 16.3. The number of ether oxygens (including phenoxy) is 3. The molecule has 1 aliphatic carbocycles. The molecule has 144 valence electrons. The molecule has 0 aliphatic heterocycles. The maximum atomic E-state index is 12.8. The summed E-state index contributed by atoms with van der Waals surface area (Å²) in [6.07, 6.45) is 3.02. The van der Waals surface area contributed by atoms with E-state index >= 15 is 0 Å². The van der Waals surface area contributed by atoms with E-state index in [9.17, 15) is 4.79 Å². The Kier molecular flexibility index (Phi) is 5.89. The van der Waals surface area contributed by atoms with E-state index in [0.717, 1.165) is 18.4 Å². The monoisotopic (exact) mass is 369 g/mol. The molecular formula is C22H27NO4. The van der Waals surface area contributed by atoms with Gasteiger partial charge in [-0.05, 0) is 42.0 Å². The lowest BCUT2D eigenvalue weighted by molar-refractivity contribution is -0.132. The molecule has 27 heavy (non-hydrogen) atoms. The number of rotatable bonds is 7. The first-order valence-electron chi connectivity index (χ1n) is 9.22. The fourth-order valence-electron chi connectivity index (χ4n) is 3.89. The molecule has 1 amide bonds. The Morgan fingerprint density at radius 2 is 1.78 bits per heavy atom. The van der Waals surface area contributed by atoms with Crippen LogP contribution in [0.5, 0.6) is 17.2 Å². The Bertz CT molecular complexity index is 818. The maximum absolute atomic E-state index is 12.8. The average molecular weight is 369 g/mol. The molecule has 0 heterocycles. The third kappa shape index (κ3) is 3.72. The lowest BCUT2D eigenvalue weighted by Crippen LogP contribution is -2.30. The van der Waals surface area contributed by atoms with Gasteiger partial charge in [0, 0.05) is 13.5 Å². The summed E-state index contributed by atoms with van der Waals surface area (Å²) in [7, 11) is 6.68. The fraction of sp³-hybridized carbons (Fsp3) is 0.409. The van der Waals surface area contributed by atoms with Gasteiger partial charge in [0.25, 0.3) is 0 Å². The highest BCUT2D eigenvalue weighted by Gasteiger charge is 2.28. The summed E-state index contributed by atoms with van der Waals surface area (Å²) in [5.41, 5.74) is 3.56. The highest BCUT2D eigenvalue weighted by molar-refractivity contribution is 5.77. The second kappa shape index (κ2) is 8.33. The molecular weight excluding hydrogens is 342 g/mol. The number of aryl methyl sites for hydroxylation is 2. The molecule has 2 aromatic carbocycles. The molecule has 5 heteroatoms. The number of hydrogen-bond donors (Lipinski definition) is 0. The molecule has 0 saturated heterocycles. The second-order valence-electron chi connectivity index (χ2n) is 6.75. The molecule has 1 aliphatic rings. The van der Waals surface area contributed by atoms with Crippen molar-refractivity contribution in [3.8, 4) is 17.2 Å². The van der Waals surface area contributed by atoms with E-state index in [-0.39, 0.29) is 11.9 Å². The van der Waals surface area contributed by atoms with Crippen LogP contribution in [0, 0.1) is 0 Å². The zero-order valence-corrected chi connectivity index (χ0v) is 16.5. The van der Waals surface area contributed by atoms with Crippen molar-refractivity contribution in [2.24, 2.45) is 0 Å². The summed E-state index contributed by atoms with van der Waals surface area (Å²) in [5.74, 6) is 1.93. The van der Waals surface area contributed by atoms with E-state index in [1.807, 2.05) is 30.1 Å². The predicted molar refractivity (Wildman–Crippen MR) is 105 cm³/mol. The van der Waals surface area contributed by atoms with Crippen molar-refractivity contribution in [3.63, 3.8) is 0 Å². The topological polar surface area (TPSA) is 48.0 Å². The fourth-order valence-corrected chi connectivity index (χ4v) is 3.89. The van der Waals surface area contributed by atoms with E-state index in [1.54, 1.807) is 21.3 Å². The van der Waals surface area contributed by atoms with Crippen molar-refractivity contribution in [2.75, 3.05) is 28.4 Å². The highest BCUT2D eigenvalue weighted by Crippen LogP contribution is 2.40. The van der Waals surface area contributed by atoms with Gasteiger partial charge in [-0.2, -0.15) is 0 Å². The van der Waals surface area contributed by atoms with Crippen LogP contribution in [0.15, 0.2) is 36.4 Å². The summed E-state index contributed by atoms with van der Waals surface area (Å²) in [6.45, 7) is 0. The Morgan fingerprint density at radius 1 is 1.04 bits per heavy atom. The van der Waals surface area contributed by atoms with Gasteiger partial charge >= 0.3 is 0 Å². The molecule has 3 rings (SSSR count). The number of methoxy groups -OCH3 is 3. The second-order valence-corrected chi connectivity index (χ2v) is 6.75. The van der Waals surface area contributed by atoms with Crippen LogP contribution in [0.1, 0.15) is 35.6 Å². The predicted octanol–water partition coefficient (Wildman–Crippen LogP) is 3.79. The summed E-state index contributed by atoms with van der Waals surface area (Å²) in [6, 6.07) is 12.3. The number of hydrogen-bond acceptors (Lipinski definition) is 4. The lowest BCUT2D eigenvalue weighted by atomic mass is 10.0. The molecule has 0 aromatic heterocycles. The average Bonchev–Trinajstić information content (AvgIpc) is 3.14. The molecule has 0 bridgehead atoms. The normalized spacial score (nSPS) is 15.2. The minimum Gasteiger partial charge on any atom is -0.493 e. The van der Waals surface area contributed by atoms with Crippen molar-refractivity contribution >= 4 is 5.91 Å². The quantitative estimate of drug-likeness (QED) is 0.745. The third-order valence-electron chi connectivity index (χ3n) is 5.36. The zero-order chi connectivity index (χ0) is 19.4. The number of amides is 1. The lowest BCUT2D eigenvalue weighted by Gasteiger charge is -2.26. The van der Waals surface area contributed by atoms with Gasteiger partial charge < -0.3 is 19.1 Å². The van der Waals surface area contributed by atoms with Crippen LogP contribution in [-0.4, -0.2) is 39.2 Å².